The molecule has 1 amide bonds. The van der Waals surface area contributed by atoms with E-state index in [9.17, 15) is 19.1 Å². The molecule has 1 aliphatic rings. The maximum absolute atomic E-state index is 13.5. The lowest BCUT2D eigenvalue weighted by Crippen LogP contribution is -2.33. The van der Waals surface area contributed by atoms with E-state index in [1.807, 2.05) is 6.92 Å². The van der Waals surface area contributed by atoms with Crippen LogP contribution in [0.1, 0.15) is 44.4 Å². The predicted octanol–water partition coefficient (Wildman–Crippen LogP) is 4.39. The van der Waals surface area contributed by atoms with Crippen LogP contribution in [0, 0.1) is 5.82 Å². The van der Waals surface area contributed by atoms with Crippen molar-refractivity contribution in [2.75, 3.05) is 39.9 Å². The molecule has 2 aromatic carbocycles. The predicted molar refractivity (Wildman–Crippen MR) is 132 cm³/mol. The van der Waals surface area contributed by atoms with Crippen LogP contribution in [-0.2, 0) is 9.59 Å². The Morgan fingerprint density at radius 3 is 2.34 bits per heavy atom. The fourth-order valence-corrected chi connectivity index (χ4v) is 4.35. The Hall–Kier alpha value is -3.39. The molecule has 0 bridgehead atoms. The molecule has 1 fully saturated rings. The van der Waals surface area contributed by atoms with E-state index in [4.69, 9.17) is 9.47 Å². The van der Waals surface area contributed by atoms with Crippen molar-refractivity contribution in [1.29, 1.82) is 0 Å². The third kappa shape index (κ3) is 5.65. The Labute approximate surface area is 205 Å². The molecule has 1 heterocycles. The number of rotatable bonds is 11. The molecule has 1 aliphatic heterocycles. The summed E-state index contributed by atoms with van der Waals surface area (Å²) in [5.74, 6) is -1.26. The minimum absolute atomic E-state index is 0.0318. The molecule has 8 heteroatoms. The number of carbonyl (C=O) groups excluding carboxylic acids is 2. The first-order chi connectivity index (χ1) is 16.9. The highest BCUT2D eigenvalue weighted by atomic mass is 19.1. The zero-order valence-corrected chi connectivity index (χ0v) is 20.7. The number of aliphatic hydroxyl groups excluding tert-OH is 1. The van der Waals surface area contributed by atoms with E-state index in [-0.39, 0.29) is 16.9 Å². The molecule has 1 atom stereocenters. The van der Waals surface area contributed by atoms with Crippen LogP contribution in [0.15, 0.2) is 48.0 Å². The molecule has 35 heavy (non-hydrogen) atoms. The summed E-state index contributed by atoms with van der Waals surface area (Å²) in [5, 5.41) is 11.1. The lowest BCUT2D eigenvalue weighted by molar-refractivity contribution is -0.140. The lowest BCUT2D eigenvalue weighted by Gasteiger charge is -2.27. The van der Waals surface area contributed by atoms with Gasteiger partial charge in [-0.3, -0.25) is 9.59 Å². The van der Waals surface area contributed by atoms with E-state index in [1.54, 1.807) is 18.2 Å². The van der Waals surface area contributed by atoms with Gasteiger partial charge in [0.05, 0.1) is 25.3 Å². The van der Waals surface area contributed by atoms with Gasteiger partial charge in [0.25, 0.3) is 11.7 Å². The van der Waals surface area contributed by atoms with Gasteiger partial charge in [-0.1, -0.05) is 19.9 Å². The third-order valence-corrected chi connectivity index (χ3v) is 6.23. The standard InChI is InChI=1S/C27H33FN2O5/c1-5-29(6-2)15-8-16-30-24(19-11-14-21(35-7-3)22(17-19)34-4)23(26(32)27(30)33)25(31)18-9-12-20(28)13-10-18/h9-14,17,24,31H,5-8,15-16H2,1-4H3/t24-/m0/s1. The van der Waals surface area contributed by atoms with E-state index >= 15 is 0 Å². The Morgan fingerprint density at radius 1 is 1.06 bits per heavy atom. The minimum atomic E-state index is -0.818. The van der Waals surface area contributed by atoms with E-state index in [0.717, 1.165) is 19.6 Å². The average Bonchev–Trinajstić information content (AvgIpc) is 3.12. The van der Waals surface area contributed by atoms with Gasteiger partial charge in [0, 0.05) is 12.1 Å². The van der Waals surface area contributed by atoms with Crippen molar-refractivity contribution in [3.05, 3.63) is 65.0 Å². The maximum atomic E-state index is 13.5. The first-order valence-electron chi connectivity index (χ1n) is 11.9. The molecule has 3 rings (SSSR count). The van der Waals surface area contributed by atoms with Gasteiger partial charge in [-0.15, -0.1) is 0 Å². The van der Waals surface area contributed by atoms with Gasteiger partial charge in [-0.05, 0) is 74.9 Å². The normalized spacial score (nSPS) is 17.3. The molecule has 0 aliphatic carbocycles. The number of likely N-dealkylation sites (tertiary alicyclic amines) is 1. The van der Waals surface area contributed by atoms with Crippen LogP contribution in [0.3, 0.4) is 0 Å². The number of carbonyl (C=O) groups is 2. The van der Waals surface area contributed by atoms with Gasteiger partial charge in [-0.2, -0.15) is 0 Å². The average molecular weight is 485 g/mol. The summed E-state index contributed by atoms with van der Waals surface area (Å²) >= 11 is 0. The SMILES string of the molecule is CCOc1ccc([C@H]2C(=C(O)c3ccc(F)cc3)C(=O)C(=O)N2CCCN(CC)CC)cc1OC. The lowest BCUT2D eigenvalue weighted by atomic mass is 9.95. The number of aliphatic hydroxyl groups is 1. The summed E-state index contributed by atoms with van der Waals surface area (Å²) in [4.78, 5) is 30.0. The zero-order valence-electron chi connectivity index (χ0n) is 20.7. The van der Waals surface area contributed by atoms with Crippen molar-refractivity contribution in [2.24, 2.45) is 0 Å². The molecule has 1 saturated heterocycles. The van der Waals surface area contributed by atoms with Crippen molar-refractivity contribution in [3.63, 3.8) is 0 Å². The second-order valence-electron chi connectivity index (χ2n) is 8.22. The summed E-state index contributed by atoms with van der Waals surface area (Å²) in [6.45, 7) is 9.34. The van der Waals surface area contributed by atoms with Gasteiger partial charge in [-0.25, -0.2) is 4.39 Å². The molecule has 2 aromatic rings. The van der Waals surface area contributed by atoms with Gasteiger partial charge >= 0.3 is 0 Å². The van der Waals surface area contributed by atoms with Crippen LogP contribution < -0.4 is 9.47 Å². The summed E-state index contributed by atoms with van der Waals surface area (Å²) in [6.07, 6.45) is 0.663. The smallest absolute Gasteiger partial charge is 0.295 e. The van der Waals surface area contributed by atoms with Crippen LogP contribution in [0.4, 0.5) is 4.39 Å². The summed E-state index contributed by atoms with van der Waals surface area (Å²) in [6, 6.07) is 9.56. The van der Waals surface area contributed by atoms with Crippen molar-refractivity contribution in [3.8, 4) is 11.5 Å². The van der Waals surface area contributed by atoms with Gasteiger partial charge < -0.3 is 24.4 Å². The third-order valence-electron chi connectivity index (χ3n) is 6.23. The molecule has 0 aromatic heterocycles. The Balaban J connectivity index is 2.08. The van der Waals surface area contributed by atoms with Crippen LogP contribution in [-0.4, -0.2) is 66.5 Å². The first-order valence-corrected chi connectivity index (χ1v) is 11.9. The molecule has 1 N–H and O–H groups in total. The topological polar surface area (TPSA) is 79.3 Å². The van der Waals surface area contributed by atoms with E-state index in [1.165, 1.54) is 36.3 Å². The summed E-state index contributed by atoms with van der Waals surface area (Å²) in [7, 11) is 1.52. The Kier molecular flexibility index (Phi) is 8.87. The number of hydrogen-bond donors (Lipinski definition) is 1. The van der Waals surface area contributed by atoms with Crippen LogP contribution >= 0.6 is 0 Å². The van der Waals surface area contributed by atoms with Crippen LogP contribution in [0.5, 0.6) is 11.5 Å². The maximum Gasteiger partial charge on any atom is 0.295 e. The molecule has 0 radical (unpaired) electrons. The Bertz CT molecular complexity index is 1080. The van der Waals surface area contributed by atoms with E-state index in [2.05, 4.69) is 18.7 Å². The largest absolute Gasteiger partial charge is 0.507 e. The molecular formula is C27H33FN2O5. The first kappa shape index (κ1) is 26.2. The summed E-state index contributed by atoms with van der Waals surface area (Å²) in [5.41, 5.74) is 0.835. The van der Waals surface area contributed by atoms with Gasteiger partial charge in [0.2, 0.25) is 0 Å². The molecule has 0 unspecified atom stereocenters. The Morgan fingerprint density at radius 2 is 1.74 bits per heavy atom. The zero-order chi connectivity index (χ0) is 25.5. The molecule has 7 nitrogen and oxygen atoms in total. The molecule has 0 spiro atoms. The fraction of sp³-hybridized carbons (Fsp3) is 0.407. The quantitative estimate of drug-likeness (QED) is 0.290. The molecule has 0 saturated carbocycles. The summed E-state index contributed by atoms with van der Waals surface area (Å²) < 4.78 is 24.6. The fourth-order valence-electron chi connectivity index (χ4n) is 4.35. The van der Waals surface area contributed by atoms with Crippen molar-refractivity contribution in [1.82, 2.24) is 9.80 Å². The van der Waals surface area contributed by atoms with E-state index in [0.29, 0.717) is 36.6 Å². The highest BCUT2D eigenvalue weighted by molar-refractivity contribution is 6.46. The molecule has 188 valence electrons. The number of hydrogen-bond acceptors (Lipinski definition) is 6. The minimum Gasteiger partial charge on any atom is -0.507 e. The number of nitrogens with zero attached hydrogens (tertiary/aromatic N) is 2. The molecular weight excluding hydrogens is 451 g/mol. The number of methoxy groups -OCH3 is 1. The van der Waals surface area contributed by atoms with Crippen molar-refractivity contribution >= 4 is 17.4 Å². The number of benzene rings is 2. The number of amides is 1. The van der Waals surface area contributed by atoms with E-state index < -0.39 is 23.5 Å². The second kappa shape index (κ2) is 11.8. The van der Waals surface area contributed by atoms with Gasteiger partial charge in [0.1, 0.15) is 11.6 Å². The number of halogens is 1. The highest BCUT2D eigenvalue weighted by Crippen LogP contribution is 2.42. The van der Waals surface area contributed by atoms with Crippen LogP contribution in [0.2, 0.25) is 0 Å². The van der Waals surface area contributed by atoms with Gasteiger partial charge in [0.15, 0.2) is 11.5 Å². The van der Waals surface area contributed by atoms with Crippen molar-refractivity contribution in [2.45, 2.75) is 33.2 Å². The number of Topliss-reactive ketones (excluding diaryl/α,β-unsaturated/α-hetero) is 1. The monoisotopic (exact) mass is 484 g/mol. The number of ether oxygens (including phenoxy) is 2. The number of ketones is 1. The second-order valence-corrected chi connectivity index (χ2v) is 8.22. The highest BCUT2D eigenvalue weighted by Gasteiger charge is 2.46. The van der Waals surface area contributed by atoms with Crippen molar-refractivity contribution < 1.29 is 28.6 Å². The van der Waals surface area contributed by atoms with Crippen LogP contribution in [0.25, 0.3) is 5.76 Å².